The summed E-state index contributed by atoms with van der Waals surface area (Å²) in [6.07, 6.45) is -7.29. The van der Waals surface area contributed by atoms with E-state index in [0.717, 1.165) is 24.9 Å². The van der Waals surface area contributed by atoms with Crippen molar-refractivity contribution in [1.82, 2.24) is 4.90 Å². The van der Waals surface area contributed by atoms with E-state index in [4.69, 9.17) is 9.84 Å². The molecule has 0 aromatic heterocycles. The van der Waals surface area contributed by atoms with Crippen LogP contribution in [-0.4, -0.2) is 41.8 Å². The van der Waals surface area contributed by atoms with Crippen molar-refractivity contribution in [3.63, 3.8) is 0 Å². The van der Waals surface area contributed by atoms with Gasteiger partial charge in [0.05, 0.1) is 12.0 Å². The molecule has 2 aromatic rings. The molecular weight excluding hydrogens is 512 g/mol. The number of aliphatic carboxylic acids is 1. The maximum atomic E-state index is 14.1. The second-order valence-corrected chi connectivity index (χ2v) is 10.5. The molecule has 0 saturated heterocycles. The standard InChI is InChI=1S/C28H35F6NO3/c1-18(5-14-25(36)37)4-3-15-35(2)17-19-6-12-23-20(16-19)7-13-24(26(23)28(32,33)34)38-22-10-8-21(9-11-22)27(29,30)31/h6-7,12-13,16,18,21-22H,3-5,8-11,14-15,17H2,1-2H3,(H,36,37)/t18?,21-,22+. The Morgan fingerprint density at radius 2 is 1.74 bits per heavy atom. The van der Waals surface area contributed by atoms with Crippen LogP contribution in [0.4, 0.5) is 26.3 Å². The molecule has 4 nitrogen and oxygen atoms in total. The number of rotatable bonds is 11. The summed E-state index contributed by atoms with van der Waals surface area (Å²) in [5.74, 6) is -2.27. The highest BCUT2D eigenvalue weighted by Crippen LogP contribution is 2.44. The summed E-state index contributed by atoms with van der Waals surface area (Å²) in [5.41, 5.74) is -0.0469. The fourth-order valence-corrected chi connectivity index (χ4v) is 5.15. The average molecular weight is 548 g/mol. The summed E-state index contributed by atoms with van der Waals surface area (Å²) in [6, 6.07) is 7.64. The van der Waals surface area contributed by atoms with Gasteiger partial charge in [-0.2, -0.15) is 26.3 Å². The van der Waals surface area contributed by atoms with E-state index in [9.17, 15) is 31.1 Å². The van der Waals surface area contributed by atoms with Gasteiger partial charge in [0.15, 0.2) is 0 Å². The SMILES string of the molecule is CC(CCCN(C)Cc1ccc2c(C(F)(F)F)c(O[C@H]3CC[C@@H](C(F)(F)F)CC3)ccc2c1)CCC(=O)O. The Bertz CT molecular complexity index is 1080. The van der Waals surface area contributed by atoms with Crippen molar-refractivity contribution in [2.75, 3.05) is 13.6 Å². The zero-order valence-electron chi connectivity index (χ0n) is 21.7. The number of halogens is 6. The van der Waals surface area contributed by atoms with Crippen LogP contribution in [0.1, 0.15) is 69.4 Å². The number of alkyl halides is 6. The number of carboxylic acid groups (broad SMARTS) is 1. The van der Waals surface area contributed by atoms with Gasteiger partial charge < -0.3 is 14.7 Å². The second-order valence-electron chi connectivity index (χ2n) is 10.5. The molecule has 0 aliphatic heterocycles. The van der Waals surface area contributed by atoms with Gasteiger partial charge in [-0.1, -0.05) is 25.1 Å². The number of carbonyl (C=O) groups is 1. The van der Waals surface area contributed by atoms with Crippen molar-refractivity contribution in [2.45, 2.75) is 83.3 Å². The highest BCUT2D eigenvalue weighted by molar-refractivity contribution is 5.89. The molecule has 1 N–H and O–H groups in total. The quantitative estimate of drug-likeness (QED) is 0.289. The molecule has 0 spiro atoms. The van der Waals surface area contributed by atoms with Gasteiger partial charge in [-0.25, -0.2) is 0 Å². The Labute approximate surface area is 218 Å². The molecule has 10 heteroatoms. The molecule has 2 aromatic carbocycles. The van der Waals surface area contributed by atoms with Crippen molar-refractivity contribution in [1.29, 1.82) is 0 Å². The maximum Gasteiger partial charge on any atom is 0.420 e. The van der Waals surface area contributed by atoms with E-state index in [1.54, 1.807) is 18.2 Å². The van der Waals surface area contributed by atoms with Crippen LogP contribution >= 0.6 is 0 Å². The fourth-order valence-electron chi connectivity index (χ4n) is 5.15. The third-order valence-corrected chi connectivity index (χ3v) is 7.30. The Hall–Kier alpha value is -2.49. The molecule has 1 fully saturated rings. The Morgan fingerprint density at radius 1 is 1.05 bits per heavy atom. The second kappa shape index (κ2) is 12.6. The highest BCUT2D eigenvalue weighted by Gasteiger charge is 2.42. The predicted octanol–water partition coefficient (Wildman–Crippen LogP) is 8.07. The summed E-state index contributed by atoms with van der Waals surface area (Å²) in [4.78, 5) is 12.8. The van der Waals surface area contributed by atoms with E-state index in [0.29, 0.717) is 24.3 Å². The number of benzene rings is 2. The summed E-state index contributed by atoms with van der Waals surface area (Å²) in [7, 11) is 1.93. The summed E-state index contributed by atoms with van der Waals surface area (Å²) < 4.78 is 86.7. The number of ether oxygens (including phenoxy) is 1. The first-order chi connectivity index (χ1) is 17.7. The molecule has 1 atom stereocenters. The third-order valence-electron chi connectivity index (χ3n) is 7.30. The lowest BCUT2D eigenvalue weighted by Gasteiger charge is -2.31. The van der Waals surface area contributed by atoms with Gasteiger partial charge in [-0.05, 0) is 92.9 Å². The monoisotopic (exact) mass is 547 g/mol. The third kappa shape index (κ3) is 8.51. The van der Waals surface area contributed by atoms with Crippen LogP contribution in [0, 0.1) is 11.8 Å². The molecule has 0 radical (unpaired) electrons. The van der Waals surface area contributed by atoms with Crippen LogP contribution in [0.25, 0.3) is 10.8 Å². The summed E-state index contributed by atoms with van der Waals surface area (Å²) in [5, 5.41) is 9.20. The Morgan fingerprint density at radius 3 is 2.34 bits per heavy atom. The minimum atomic E-state index is -4.69. The van der Waals surface area contributed by atoms with Crippen LogP contribution in [0.15, 0.2) is 30.3 Å². The number of carboxylic acids is 1. The highest BCUT2D eigenvalue weighted by atomic mass is 19.4. The number of hydrogen-bond acceptors (Lipinski definition) is 3. The minimum absolute atomic E-state index is 0.00219. The molecule has 38 heavy (non-hydrogen) atoms. The number of fused-ring (bicyclic) bond motifs is 1. The predicted molar refractivity (Wildman–Crippen MR) is 133 cm³/mol. The van der Waals surface area contributed by atoms with Gasteiger partial charge >= 0.3 is 18.3 Å². The molecule has 212 valence electrons. The summed E-state index contributed by atoms with van der Waals surface area (Å²) >= 11 is 0. The van der Waals surface area contributed by atoms with Crippen LogP contribution in [0.2, 0.25) is 0 Å². The average Bonchev–Trinajstić information content (AvgIpc) is 2.81. The maximum absolute atomic E-state index is 14.1. The molecule has 1 aliphatic carbocycles. The lowest BCUT2D eigenvalue weighted by molar-refractivity contribution is -0.185. The molecule has 0 amide bonds. The van der Waals surface area contributed by atoms with E-state index in [1.807, 2.05) is 14.0 Å². The molecular formula is C28H35F6NO3. The van der Waals surface area contributed by atoms with Gasteiger partial charge in [0.2, 0.25) is 0 Å². The molecule has 0 bridgehead atoms. The van der Waals surface area contributed by atoms with Crippen molar-refractivity contribution < 1.29 is 41.0 Å². The van der Waals surface area contributed by atoms with Crippen LogP contribution in [-0.2, 0) is 17.5 Å². The minimum Gasteiger partial charge on any atom is -0.490 e. The zero-order valence-corrected chi connectivity index (χ0v) is 21.7. The molecule has 1 aliphatic rings. The van der Waals surface area contributed by atoms with E-state index >= 15 is 0 Å². The Balaban J connectivity index is 1.66. The van der Waals surface area contributed by atoms with Crippen LogP contribution in [0.5, 0.6) is 5.75 Å². The van der Waals surface area contributed by atoms with Crippen molar-refractivity contribution in [2.24, 2.45) is 11.8 Å². The Kier molecular flexibility index (Phi) is 9.95. The van der Waals surface area contributed by atoms with Crippen molar-refractivity contribution in [3.05, 3.63) is 41.5 Å². The van der Waals surface area contributed by atoms with Gasteiger partial charge in [0.25, 0.3) is 0 Å². The van der Waals surface area contributed by atoms with Gasteiger partial charge in [0, 0.05) is 13.0 Å². The topological polar surface area (TPSA) is 49.8 Å². The normalized spacial score (nSPS) is 19.6. The molecule has 1 saturated carbocycles. The lowest BCUT2D eigenvalue weighted by atomic mass is 9.87. The summed E-state index contributed by atoms with van der Waals surface area (Å²) in [6.45, 7) is 3.34. The molecule has 1 unspecified atom stereocenters. The fraction of sp³-hybridized carbons (Fsp3) is 0.607. The van der Waals surface area contributed by atoms with Crippen LogP contribution < -0.4 is 4.74 Å². The van der Waals surface area contributed by atoms with Crippen LogP contribution in [0.3, 0.4) is 0 Å². The number of hydrogen-bond donors (Lipinski definition) is 1. The molecule has 3 rings (SSSR count). The van der Waals surface area contributed by atoms with Gasteiger partial charge in [-0.15, -0.1) is 0 Å². The first-order valence-electron chi connectivity index (χ1n) is 13.0. The number of nitrogens with zero attached hydrogens (tertiary/aromatic N) is 1. The van der Waals surface area contributed by atoms with E-state index < -0.39 is 35.9 Å². The zero-order chi connectivity index (χ0) is 28.1. The lowest BCUT2D eigenvalue weighted by Crippen LogP contribution is -2.32. The largest absolute Gasteiger partial charge is 0.490 e. The van der Waals surface area contributed by atoms with E-state index in [1.165, 1.54) is 12.1 Å². The molecule has 0 heterocycles. The smallest absolute Gasteiger partial charge is 0.420 e. The van der Waals surface area contributed by atoms with E-state index in [2.05, 4.69) is 4.90 Å². The first kappa shape index (κ1) is 30.1. The first-order valence-corrected chi connectivity index (χ1v) is 13.0. The van der Waals surface area contributed by atoms with Gasteiger partial charge in [0.1, 0.15) is 11.3 Å². The van der Waals surface area contributed by atoms with Crippen molar-refractivity contribution >= 4 is 16.7 Å². The van der Waals surface area contributed by atoms with E-state index in [-0.39, 0.29) is 43.2 Å². The van der Waals surface area contributed by atoms with Gasteiger partial charge in [-0.3, -0.25) is 4.79 Å². The van der Waals surface area contributed by atoms with Crippen molar-refractivity contribution in [3.8, 4) is 5.75 Å².